The summed E-state index contributed by atoms with van der Waals surface area (Å²) in [6, 6.07) is 20.5. The van der Waals surface area contributed by atoms with Gasteiger partial charge >= 0.3 is 5.97 Å². The molecule has 0 bridgehead atoms. The Hall–Kier alpha value is -5.09. The smallest absolute Gasteiger partial charge is 0.326 e. The van der Waals surface area contributed by atoms with Crippen LogP contribution in [0.5, 0.6) is 5.75 Å². The molecule has 2 amide bonds. The molecule has 0 radical (unpaired) electrons. The number of amides is 2. The SMILES string of the molecule is CCCCCCCOc1ccc(-c2cnc(-c3ccc(CC(NC(=O)c4ccc(C(C)C)cc4)C(=O)NC(CCCCN)C(=O)O)cc3)nc2)cc1. The predicted octanol–water partition coefficient (Wildman–Crippen LogP) is 7.32. The molecule has 1 heterocycles. The number of nitrogens with two attached hydrogens (primary N) is 1. The van der Waals surface area contributed by atoms with Crippen LogP contribution in [0.25, 0.3) is 22.5 Å². The van der Waals surface area contributed by atoms with Crippen molar-refractivity contribution in [3.63, 3.8) is 0 Å². The molecule has 52 heavy (non-hydrogen) atoms. The number of nitrogens with one attached hydrogen (secondary N) is 2. The summed E-state index contributed by atoms with van der Waals surface area (Å²) in [4.78, 5) is 47.9. The van der Waals surface area contributed by atoms with Crippen molar-refractivity contribution in [3.05, 3.63) is 102 Å². The van der Waals surface area contributed by atoms with E-state index >= 15 is 0 Å². The zero-order valence-corrected chi connectivity index (χ0v) is 30.6. The molecule has 276 valence electrons. The van der Waals surface area contributed by atoms with Crippen LogP contribution in [0.3, 0.4) is 0 Å². The molecule has 1 aromatic heterocycles. The summed E-state index contributed by atoms with van der Waals surface area (Å²) in [6.45, 7) is 7.50. The fourth-order valence-electron chi connectivity index (χ4n) is 5.78. The standard InChI is InChI=1S/C42H53N5O5/c1-4-5-6-7-10-25-52-36-22-20-32(21-23-36)35-27-44-39(45-28-35)33-14-12-30(13-15-33)26-38(41(49)46-37(42(50)51)11-8-9-24-43)47-40(48)34-18-16-31(17-19-34)29(2)3/h12-23,27-29,37-38H,4-11,24-26,43H2,1-3H3,(H,46,49)(H,47,48)(H,50,51). The molecule has 4 aromatic rings. The van der Waals surface area contributed by atoms with Crippen molar-refractivity contribution in [3.8, 4) is 28.3 Å². The average Bonchev–Trinajstić information content (AvgIpc) is 3.16. The highest BCUT2D eigenvalue weighted by Crippen LogP contribution is 2.24. The molecular weight excluding hydrogens is 654 g/mol. The molecule has 0 saturated carbocycles. The summed E-state index contributed by atoms with van der Waals surface area (Å²) in [6.07, 6.45) is 11.2. The Kier molecular flexibility index (Phi) is 15.8. The predicted molar refractivity (Wildman–Crippen MR) is 205 cm³/mol. The van der Waals surface area contributed by atoms with Gasteiger partial charge in [-0.15, -0.1) is 0 Å². The van der Waals surface area contributed by atoms with E-state index in [9.17, 15) is 19.5 Å². The van der Waals surface area contributed by atoms with Crippen molar-refractivity contribution in [1.82, 2.24) is 20.6 Å². The van der Waals surface area contributed by atoms with Gasteiger partial charge in [0.05, 0.1) is 6.61 Å². The lowest BCUT2D eigenvalue weighted by Gasteiger charge is -2.22. The lowest BCUT2D eigenvalue weighted by Crippen LogP contribution is -2.52. The van der Waals surface area contributed by atoms with Gasteiger partial charge in [0.25, 0.3) is 5.91 Å². The maximum atomic E-state index is 13.5. The van der Waals surface area contributed by atoms with Crippen LogP contribution in [0, 0.1) is 0 Å². The number of carboxylic acid groups (broad SMARTS) is 1. The third-order valence-corrected chi connectivity index (χ3v) is 9.03. The van der Waals surface area contributed by atoms with E-state index in [-0.39, 0.29) is 12.8 Å². The van der Waals surface area contributed by atoms with Gasteiger partial charge in [0.15, 0.2) is 5.82 Å². The fraction of sp³-hybridized carbons (Fsp3) is 0.405. The van der Waals surface area contributed by atoms with E-state index in [1.54, 1.807) is 24.5 Å². The van der Waals surface area contributed by atoms with E-state index in [0.29, 0.717) is 36.7 Å². The molecule has 3 aromatic carbocycles. The number of hydrogen-bond donors (Lipinski definition) is 4. The molecule has 5 N–H and O–H groups in total. The Morgan fingerprint density at radius 2 is 1.40 bits per heavy atom. The Bertz CT molecular complexity index is 1690. The van der Waals surface area contributed by atoms with Gasteiger partial charge in [-0.25, -0.2) is 14.8 Å². The first-order valence-electron chi connectivity index (χ1n) is 18.5. The lowest BCUT2D eigenvalue weighted by atomic mass is 10.0. The maximum absolute atomic E-state index is 13.5. The number of carboxylic acids is 1. The van der Waals surface area contributed by atoms with Crippen molar-refractivity contribution >= 4 is 17.8 Å². The minimum atomic E-state index is -1.13. The molecule has 0 saturated heterocycles. The monoisotopic (exact) mass is 707 g/mol. The van der Waals surface area contributed by atoms with Crippen molar-refractivity contribution in [2.24, 2.45) is 5.73 Å². The van der Waals surface area contributed by atoms with E-state index < -0.39 is 29.9 Å². The molecule has 0 aliphatic carbocycles. The summed E-state index contributed by atoms with van der Waals surface area (Å²) in [5.74, 6) is -0.424. The van der Waals surface area contributed by atoms with Crippen LogP contribution in [0.2, 0.25) is 0 Å². The topological polar surface area (TPSA) is 157 Å². The lowest BCUT2D eigenvalue weighted by molar-refractivity contribution is -0.142. The summed E-state index contributed by atoms with van der Waals surface area (Å²) in [7, 11) is 0. The highest BCUT2D eigenvalue weighted by atomic mass is 16.5. The molecule has 0 aliphatic heterocycles. The molecule has 0 spiro atoms. The summed E-state index contributed by atoms with van der Waals surface area (Å²) < 4.78 is 5.89. The number of unbranched alkanes of at least 4 members (excludes halogenated alkanes) is 5. The summed E-state index contributed by atoms with van der Waals surface area (Å²) in [5, 5.41) is 15.2. The second kappa shape index (κ2) is 20.7. The minimum absolute atomic E-state index is 0.148. The van der Waals surface area contributed by atoms with Crippen LogP contribution in [0.15, 0.2) is 85.2 Å². The van der Waals surface area contributed by atoms with Gasteiger partial charge < -0.3 is 26.2 Å². The summed E-state index contributed by atoms with van der Waals surface area (Å²) >= 11 is 0. The average molecular weight is 708 g/mol. The first-order chi connectivity index (χ1) is 25.2. The van der Waals surface area contributed by atoms with Crippen molar-refractivity contribution in [2.75, 3.05) is 13.2 Å². The fourth-order valence-corrected chi connectivity index (χ4v) is 5.78. The normalized spacial score (nSPS) is 12.2. The first kappa shape index (κ1) is 39.7. The van der Waals surface area contributed by atoms with Gasteiger partial charge in [-0.05, 0) is 79.1 Å². The highest BCUT2D eigenvalue weighted by Gasteiger charge is 2.27. The van der Waals surface area contributed by atoms with Crippen LogP contribution < -0.4 is 21.1 Å². The molecule has 0 aliphatic rings. The zero-order valence-electron chi connectivity index (χ0n) is 30.6. The molecule has 4 rings (SSSR count). The second-order valence-corrected chi connectivity index (χ2v) is 13.5. The number of rotatable bonds is 21. The Balaban J connectivity index is 1.42. The van der Waals surface area contributed by atoms with Gasteiger partial charge in [-0.3, -0.25) is 9.59 Å². The Labute approximate surface area is 307 Å². The van der Waals surface area contributed by atoms with Crippen molar-refractivity contribution in [1.29, 1.82) is 0 Å². The number of nitrogens with zero attached hydrogens (tertiary/aromatic N) is 2. The number of aromatic nitrogens is 2. The van der Waals surface area contributed by atoms with Gasteiger partial charge in [0.2, 0.25) is 5.91 Å². The first-order valence-corrected chi connectivity index (χ1v) is 18.5. The largest absolute Gasteiger partial charge is 0.494 e. The second-order valence-electron chi connectivity index (χ2n) is 13.5. The molecule has 10 heteroatoms. The number of carbonyl (C=O) groups excluding carboxylic acids is 2. The van der Waals surface area contributed by atoms with Crippen molar-refractivity contribution in [2.45, 2.75) is 96.6 Å². The van der Waals surface area contributed by atoms with Crippen LogP contribution in [-0.4, -0.2) is 58.1 Å². The van der Waals surface area contributed by atoms with Gasteiger partial charge in [0, 0.05) is 35.5 Å². The van der Waals surface area contributed by atoms with E-state index in [1.807, 2.05) is 60.7 Å². The van der Waals surface area contributed by atoms with E-state index in [2.05, 4.69) is 41.4 Å². The van der Waals surface area contributed by atoms with Gasteiger partial charge in [-0.2, -0.15) is 0 Å². The third kappa shape index (κ3) is 12.3. The van der Waals surface area contributed by atoms with Crippen LogP contribution >= 0.6 is 0 Å². The molecule has 10 nitrogen and oxygen atoms in total. The molecule has 2 unspecified atom stereocenters. The molecular formula is C42H53N5O5. The number of aliphatic carboxylic acids is 1. The van der Waals surface area contributed by atoms with Crippen LogP contribution in [0.1, 0.15) is 99.5 Å². The molecule has 2 atom stereocenters. The van der Waals surface area contributed by atoms with E-state index in [1.165, 1.54) is 25.7 Å². The van der Waals surface area contributed by atoms with E-state index in [0.717, 1.165) is 46.6 Å². The van der Waals surface area contributed by atoms with Gasteiger partial charge in [-0.1, -0.05) is 95.0 Å². The third-order valence-electron chi connectivity index (χ3n) is 9.03. The summed E-state index contributed by atoms with van der Waals surface area (Å²) in [5.41, 5.74) is 10.5. The Morgan fingerprint density at radius 3 is 2.02 bits per heavy atom. The number of benzene rings is 3. The Morgan fingerprint density at radius 1 is 0.750 bits per heavy atom. The van der Waals surface area contributed by atoms with Crippen LogP contribution in [-0.2, 0) is 16.0 Å². The number of ether oxygens (including phenoxy) is 1. The molecule has 0 fully saturated rings. The van der Waals surface area contributed by atoms with E-state index in [4.69, 9.17) is 10.5 Å². The van der Waals surface area contributed by atoms with Gasteiger partial charge in [0.1, 0.15) is 17.8 Å². The highest BCUT2D eigenvalue weighted by molar-refractivity contribution is 5.98. The maximum Gasteiger partial charge on any atom is 0.326 e. The van der Waals surface area contributed by atoms with Crippen LogP contribution in [0.4, 0.5) is 0 Å². The number of carbonyl (C=O) groups is 3. The van der Waals surface area contributed by atoms with Crippen molar-refractivity contribution < 1.29 is 24.2 Å². The number of hydrogen-bond acceptors (Lipinski definition) is 7. The zero-order chi connectivity index (χ0) is 37.3. The quantitative estimate of drug-likeness (QED) is 0.0657. The minimum Gasteiger partial charge on any atom is -0.494 e.